The van der Waals surface area contributed by atoms with Gasteiger partial charge in [-0.25, -0.2) is 4.79 Å². The van der Waals surface area contributed by atoms with Gasteiger partial charge in [0.15, 0.2) is 12.4 Å². The molecule has 0 saturated heterocycles. The van der Waals surface area contributed by atoms with Crippen LogP contribution in [0.25, 0.3) is 0 Å². The van der Waals surface area contributed by atoms with Crippen LogP contribution < -0.4 is 5.32 Å². The summed E-state index contributed by atoms with van der Waals surface area (Å²) >= 11 is 0. The van der Waals surface area contributed by atoms with E-state index >= 15 is 0 Å². The number of carbonyl (C=O) groups excluding carboxylic acids is 2. The van der Waals surface area contributed by atoms with Crippen molar-refractivity contribution >= 4 is 17.6 Å². The van der Waals surface area contributed by atoms with Crippen molar-refractivity contribution in [2.45, 2.75) is 20.5 Å². The Kier molecular flexibility index (Phi) is 4.60. The molecule has 2 heterocycles. The van der Waals surface area contributed by atoms with Crippen LogP contribution in [-0.4, -0.2) is 22.1 Å². The molecule has 25 heavy (non-hydrogen) atoms. The minimum atomic E-state index is -0.565. The van der Waals surface area contributed by atoms with Gasteiger partial charge in [-0.05, 0) is 36.8 Å². The van der Waals surface area contributed by atoms with Crippen molar-refractivity contribution in [1.29, 1.82) is 0 Å². The van der Waals surface area contributed by atoms with Gasteiger partial charge in [0.05, 0.1) is 11.8 Å². The molecule has 3 rings (SSSR count). The molecule has 1 amide bonds. The molecule has 0 fully saturated rings. The number of hydrogen-bond donors (Lipinski definition) is 1. The zero-order valence-electron chi connectivity index (χ0n) is 13.6. The molecule has 0 bridgehead atoms. The smallest absolute Gasteiger partial charge is 0.338 e. The fourth-order valence-corrected chi connectivity index (χ4v) is 2.08. The Hall–Kier alpha value is -3.42. The maximum atomic E-state index is 12.2. The minimum Gasteiger partial charge on any atom is -0.459 e. The first-order valence-corrected chi connectivity index (χ1v) is 7.44. The van der Waals surface area contributed by atoms with Crippen molar-refractivity contribution in [2.24, 2.45) is 0 Å². The van der Waals surface area contributed by atoms with Gasteiger partial charge in [0.2, 0.25) is 5.89 Å². The van der Waals surface area contributed by atoms with Gasteiger partial charge in [0, 0.05) is 12.6 Å². The Morgan fingerprint density at radius 3 is 2.72 bits per heavy atom. The number of amides is 1. The average molecular weight is 341 g/mol. The van der Waals surface area contributed by atoms with E-state index in [-0.39, 0.29) is 23.8 Å². The van der Waals surface area contributed by atoms with Crippen LogP contribution in [0, 0.1) is 13.8 Å². The van der Waals surface area contributed by atoms with E-state index in [1.165, 1.54) is 12.3 Å². The highest BCUT2D eigenvalue weighted by atomic mass is 16.5. The van der Waals surface area contributed by atoms with E-state index < -0.39 is 11.9 Å². The Bertz CT molecular complexity index is 899. The predicted octanol–water partition coefficient (Wildman–Crippen LogP) is 2.89. The molecule has 0 aliphatic rings. The van der Waals surface area contributed by atoms with E-state index in [4.69, 9.17) is 13.6 Å². The quantitative estimate of drug-likeness (QED) is 0.711. The fraction of sp³-hybridized carbons (Fsp3) is 0.176. The molecule has 8 nitrogen and oxygen atoms in total. The number of nitrogens with one attached hydrogen (secondary N) is 1. The number of aryl methyl sites for hydroxylation is 2. The maximum Gasteiger partial charge on any atom is 0.338 e. The van der Waals surface area contributed by atoms with Crippen molar-refractivity contribution in [2.75, 3.05) is 5.32 Å². The molecule has 0 atom stereocenters. The van der Waals surface area contributed by atoms with Crippen molar-refractivity contribution in [3.8, 4) is 0 Å². The molecule has 0 unspecified atom stereocenters. The number of hydrogen-bond acceptors (Lipinski definition) is 7. The fourth-order valence-electron chi connectivity index (χ4n) is 2.08. The highest BCUT2D eigenvalue weighted by molar-refractivity contribution is 6.03. The molecule has 0 radical (unpaired) electrons. The molecule has 128 valence electrons. The molecule has 3 aromatic rings. The number of nitrogens with zero attached hydrogens (tertiary/aromatic N) is 2. The van der Waals surface area contributed by atoms with Crippen molar-refractivity contribution in [3.63, 3.8) is 0 Å². The maximum absolute atomic E-state index is 12.2. The van der Waals surface area contributed by atoms with Crippen LogP contribution in [-0.2, 0) is 11.3 Å². The molecule has 0 aliphatic carbocycles. The van der Waals surface area contributed by atoms with Gasteiger partial charge >= 0.3 is 5.97 Å². The number of esters is 1. The molecular weight excluding hydrogens is 326 g/mol. The molecule has 0 aliphatic heterocycles. The topological polar surface area (TPSA) is 107 Å². The first-order chi connectivity index (χ1) is 12.0. The lowest BCUT2D eigenvalue weighted by Gasteiger charge is -2.09. The number of rotatable bonds is 5. The summed E-state index contributed by atoms with van der Waals surface area (Å²) < 4.78 is 15.3. The summed E-state index contributed by atoms with van der Waals surface area (Å²) in [6, 6.07) is 8.03. The molecule has 1 aromatic carbocycles. The van der Waals surface area contributed by atoms with Crippen LogP contribution in [0.5, 0.6) is 0 Å². The summed E-state index contributed by atoms with van der Waals surface area (Å²) in [7, 11) is 0. The number of ether oxygens (including phenoxy) is 1. The number of aromatic nitrogens is 2. The molecule has 8 heteroatoms. The van der Waals surface area contributed by atoms with Crippen LogP contribution in [0.1, 0.15) is 38.3 Å². The Labute approximate surface area is 142 Å². The Morgan fingerprint density at radius 2 is 2.04 bits per heavy atom. The molecule has 0 spiro atoms. The first kappa shape index (κ1) is 16.4. The lowest BCUT2D eigenvalue weighted by molar-refractivity contribution is 0.0436. The van der Waals surface area contributed by atoms with Crippen molar-refractivity contribution in [3.05, 3.63) is 65.3 Å². The predicted molar refractivity (Wildman–Crippen MR) is 86.0 cm³/mol. The third kappa shape index (κ3) is 3.92. The summed E-state index contributed by atoms with van der Waals surface area (Å²) in [5, 5.41) is 10.1. The van der Waals surface area contributed by atoms with Crippen LogP contribution in [0.4, 0.5) is 5.69 Å². The minimum absolute atomic E-state index is 0.123. The third-order valence-electron chi connectivity index (χ3n) is 3.36. The monoisotopic (exact) mass is 341 g/mol. The normalized spacial score (nSPS) is 10.5. The average Bonchev–Trinajstić information content (AvgIpc) is 3.26. The zero-order valence-corrected chi connectivity index (χ0v) is 13.6. The van der Waals surface area contributed by atoms with Gasteiger partial charge in [0.1, 0.15) is 0 Å². The van der Waals surface area contributed by atoms with E-state index in [9.17, 15) is 9.59 Å². The third-order valence-corrected chi connectivity index (χ3v) is 3.36. The summed E-state index contributed by atoms with van der Waals surface area (Å²) in [4.78, 5) is 24.2. The number of benzene rings is 1. The zero-order chi connectivity index (χ0) is 17.8. The summed E-state index contributed by atoms with van der Waals surface area (Å²) in [5.41, 5.74) is 1.57. The standard InChI is InChI=1S/C17H15N3O5/c1-10-5-6-12(17(22)24-9-15-20-19-11(2)25-15)8-13(10)18-16(21)14-4-3-7-23-14/h3-8H,9H2,1-2H3,(H,18,21). The van der Waals surface area contributed by atoms with Gasteiger partial charge in [-0.1, -0.05) is 6.07 Å². The van der Waals surface area contributed by atoms with Crippen LogP contribution in [0.2, 0.25) is 0 Å². The second kappa shape index (κ2) is 7.00. The SMILES string of the molecule is Cc1nnc(COC(=O)c2ccc(C)c(NC(=O)c3ccco3)c2)o1. The van der Waals surface area contributed by atoms with Crippen LogP contribution >= 0.6 is 0 Å². The van der Waals surface area contributed by atoms with Gasteiger partial charge in [0.25, 0.3) is 11.8 Å². The highest BCUT2D eigenvalue weighted by Gasteiger charge is 2.14. The van der Waals surface area contributed by atoms with E-state index in [1.54, 1.807) is 31.2 Å². The number of furan rings is 1. The van der Waals surface area contributed by atoms with Gasteiger partial charge in [-0.2, -0.15) is 0 Å². The van der Waals surface area contributed by atoms with Gasteiger partial charge in [-0.15, -0.1) is 10.2 Å². The molecule has 2 aromatic heterocycles. The summed E-state index contributed by atoms with van der Waals surface area (Å²) in [6.45, 7) is 3.34. The Balaban J connectivity index is 1.69. The lowest BCUT2D eigenvalue weighted by atomic mass is 10.1. The van der Waals surface area contributed by atoms with Crippen molar-refractivity contribution < 1.29 is 23.2 Å². The summed E-state index contributed by atoms with van der Waals surface area (Å²) in [6.07, 6.45) is 1.41. The first-order valence-electron chi connectivity index (χ1n) is 7.44. The molecular formula is C17H15N3O5. The van der Waals surface area contributed by atoms with E-state index in [0.717, 1.165) is 5.56 Å². The van der Waals surface area contributed by atoms with Crippen LogP contribution in [0.15, 0.2) is 45.4 Å². The number of anilines is 1. The van der Waals surface area contributed by atoms with Crippen LogP contribution in [0.3, 0.4) is 0 Å². The van der Waals surface area contributed by atoms with E-state index in [2.05, 4.69) is 15.5 Å². The number of carbonyl (C=O) groups is 2. The lowest BCUT2D eigenvalue weighted by Crippen LogP contribution is -2.13. The van der Waals surface area contributed by atoms with Gasteiger partial charge < -0.3 is 18.9 Å². The summed E-state index contributed by atoms with van der Waals surface area (Å²) in [5.74, 6) is -0.183. The second-order valence-electron chi connectivity index (χ2n) is 5.25. The van der Waals surface area contributed by atoms with E-state index in [1.807, 2.05) is 6.92 Å². The van der Waals surface area contributed by atoms with Gasteiger partial charge in [-0.3, -0.25) is 4.79 Å². The highest BCUT2D eigenvalue weighted by Crippen LogP contribution is 2.19. The second-order valence-corrected chi connectivity index (χ2v) is 5.25. The molecule has 0 saturated carbocycles. The molecule has 1 N–H and O–H groups in total. The van der Waals surface area contributed by atoms with Crippen molar-refractivity contribution in [1.82, 2.24) is 10.2 Å². The van der Waals surface area contributed by atoms with E-state index in [0.29, 0.717) is 11.6 Å². The Morgan fingerprint density at radius 1 is 1.20 bits per heavy atom. The largest absolute Gasteiger partial charge is 0.459 e.